The highest BCUT2D eigenvalue weighted by molar-refractivity contribution is 7.23. The lowest BCUT2D eigenvalue weighted by molar-refractivity contribution is -0.125. The third-order valence-corrected chi connectivity index (χ3v) is 6.86. The van der Waals surface area contributed by atoms with Crippen molar-refractivity contribution in [1.82, 2.24) is 10.2 Å². The number of likely N-dealkylation sites (tertiary alicyclic amines) is 1. The Morgan fingerprint density at radius 2 is 2.06 bits per heavy atom. The topological polar surface area (TPSA) is 87.7 Å². The second-order valence-corrected chi connectivity index (χ2v) is 8.99. The van der Waals surface area contributed by atoms with E-state index in [9.17, 15) is 14.4 Å². The van der Waals surface area contributed by atoms with E-state index in [2.05, 4.69) is 35.9 Å². The van der Waals surface area contributed by atoms with E-state index in [1.54, 1.807) is 16.2 Å². The number of fused-ring (bicyclic) bond motifs is 1. The van der Waals surface area contributed by atoms with Gasteiger partial charge in [-0.05, 0) is 36.9 Å². The Hall–Kier alpha value is -3.39. The molecule has 0 aliphatic carbocycles. The van der Waals surface area contributed by atoms with Crippen LogP contribution < -0.4 is 10.6 Å². The van der Waals surface area contributed by atoms with Gasteiger partial charge in [0.1, 0.15) is 16.4 Å². The predicted molar refractivity (Wildman–Crippen MR) is 132 cm³/mol. The van der Waals surface area contributed by atoms with Crippen molar-refractivity contribution in [2.24, 2.45) is 0 Å². The molecule has 2 N–H and O–H groups in total. The number of allylic oxidation sites excluding steroid dienone is 3. The van der Waals surface area contributed by atoms with Crippen LogP contribution in [0.25, 0.3) is 10.1 Å². The molecule has 0 saturated carbocycles. The first-order valence-corrected chi connectivity index (χ1v) is 11.6. The molecule has 1 atom stereocenters. The normalized spacial score (nSPS) is 19.6. The summed E-state index contributed by atoms with van der Waals surface area (Å²) < 4.78 is 7.06. The molecular formula is C25H29N3O4S. The molecule has 3 heterocycles. The molecule has 174 valence electrons. The molecule has 1 saturated heterocycles. The lowest BCUT2D eigenvalue weighted by Gasteiger charge is -2.34. The number of carbonyl (C=O) groups is 3. The van der Waals surface area contributed by atoms with E-state index in [-0.39, 0.29) is 11.8 Å². The maximum absolute atomic E-state index is 12.0. The molecule has 0 radical (unpaired) electrons. The summed E-state index contributed by atoms with van der Waals surface area (Å²) in [5, 5.41) is 7.72. The maximum Gasteiger partial charge on any atom is 0.319 e. The maximum atomic E-state index is 12.0. The summed E-state index contributed by atoms with van der Waals surface area (Å²) in [4.78, 5) is 35.8. The van der Waals surface area contributed by atoms with Crippen LogP contribution in [-0.2, 0) is 14.3 Å². The van der Waals surface area contributed by atoms with Crippen LogP contribution in [0.2, 0.25) is 0 Å². The third-order valence-electron chi connectivity index (χ3n) is 5.67. The number of benzene rings is 1. The molecule has 3 amide bonds. The van der Waals surface area contributed by atoms with Crippen LogP contribution in [-0.4, -0.2) is 48.4 Å². The monoisotopic (exact) mass is 467 g/mol. The Bertz CT molecular complexity index is 1120. The minimum Gasteiger partial charge on any atom is -0.484 e. The standard InChI is InChI=1S/C13H15NO3.C12H14N2OS/c1-3-10-11(16)7-13(17-12(10)4-2)5-6-14(8-13)9-15;1-3-13-12(15)14-11-8(2)9-6-4-5-7-10(9)16-11/h3-4,9H,1-2,5-8H2;4-7H,3H2,1-2H3,(H2,13,14,15). The van der Waals surface area contributed by atoms with Crippen LogP contribution in [0.3, 0.4) is 0 Å². The van der Waals surface area contributed by atoms with Crippen molar-refractivity contribution in [2.45, 2.75) is 32.3 Å². The molecule has 1 fully saturated rings. The Balaban J connectivity index is 0.000000186. The fourth-order valence-corrected chi connectivity index (χ4v) is 5.11. The van der Waals surface area contributed by atoms with Gasteiger partial charge in [0.2, 0.25) is 6.41 Å². The molecule has 2 aliphatic heterocycles. The second-order valence-electron chi connectivity index (χ2n) is 7.93. The summed E-state index contributed by atoms with van der Waals surface area (Å²) in [7, 11) is 0. The fourth-order valence-electron chi connectivity index (χ4n) is 4.01. The highest BCUT2D eigenvalue weighted by atomic mass is 32.1. The number of ether oxygens (including phenoxy) is 1. The molecule has 4 rings (SSSR count). The number of ketones is 1. The van der Waals surface area contributed by atoms with E-state index in [0.29, 0.717) is 43.8 Å². The molecule has 7 nitrogen and oxygen atoms in total. The average molecular weight is 468 g/mol. The van der Waals surface area contributed by atoms with Crippen molar-refractivity contribution in [2.75, 3.05) is 25.0 Å². The number of carbonyl (C=O) groups excluding carboxylic acids is 3. The smallest absolute Gasteiger partial charge is 0.319 e. The van der Waals surface area contributed by atoms with Crippen LogP contribution >= 0.6 is 11.3 Å². The van der Waals surface area contributed by atoms with Gasteiger partial charge in [-0.1, -0.05) is 37.4 Å². The molecule has 1 unspecified atom stereocenters. The molecule has 1 aromatic heterocycles. The summed E-state index contributed by atoms with van der Waals surface area (Å²) in [6.07, 6.45) is 4.80. The summed E-state index contributed by atoms with van der Waals surface area (Å²) in [6.45, 7) is 12.9. The SMILES string of the molecule is C=CC1=C(C=C)C(=O)CC2(CCN(C=O)C2)O1.CCNC(=O)Nc1sc2ccccc2c1C. The second kappa shape index (κ2) is 10.5. The zero-order chi connectivity index (χ0) is 24.0. The average Bonchev–Trinajstić information content (AvgIpc) is 3.34. The third kappa shape index (κ3) is 5.34. The Morgan fingerprint density at radius 3 is 2.67 bits per heavy atom. The number of aryl methyl sites for hydroxylation is 1. The van der Waals surface area contributed by atoms with E-state index in [1.807, 2.05) is 26.0 Å². The first-order valence-electron chi connectivity index (χ1n) is 10.8. The number of Topliss-reactive ketones (excluding diaryl/α,β-unsaturated/α-hetero) is 1. The number of amides is 3. The molecule has 0 bridgehead atoms. The Labute approximate surface area is 197 Å². The summed E-state index contributed by atoms with van der Waals surface area (Å²) in [6, 6.07) is 8.02. The van der Waals surface area contributed by atoms with Gasteiger partial charge in [-0.2, -0.15) is 0 Å². The van der Waals surface area contributed by atoms with Crippen LogP contribution in [0.4, 0.5) is 9.80 Å². The molecule has 1 spiro atoms. The van der Waals surface area contributed by atoms with Gasteiger partial charge in [-0.25, -0.2) is 4.79 Å². The van der Waals surface area contributed by atoms with Gasteiger partial charge < -0.3 is 15.0 Å². The number of rotatable bonds is 5. The van der Waals surface area contributed by atoms with Crippen molar-refractivity contribution >= 4 is 44.6 Å². The van der Waals surface area contributed by atoms with Gasteiger partial charge in [0.05, 0.1) is 18.5 Å². The first kappa shape index (κ1) is 24.3. The van der Waals surface area contributed by atoms with Crippen molar-refractivity contribution in [3.63, 3.8) is 0 Å². The number of hydrogen-bond acceptors (Lipinski definition) is 5. The van der Waals surface area contributed by atoms with E-state index >= 15 is 0 Å². The van der Waals surface area contributed by atoms with Gasteiger partial charge in [0.25, 0.3) is 0 Å². The molecule has 2 aromatic rings. The number of urea groups is 1. The van der Waals surface area contributed by atoms with E-state index in [4.69, 9.17) is 4.74 Å². The lowest BCUT2D eigenvalue weighted by Crippen LogP contribution is -2.41. The first-order chi connectivity index (χ1) is 15.9. The van der Waals surface area contributed by atoms with E-state index < -0.39 is 5.60 Å². The van der Waals surface area contributed by atoms with Gasteiger partial charge in [-0.3, -0.25) is 14.9 Å². The molecule has 1 aromatic carbocycles. The van der Waals surface area contributed by atoms with Gasteiger partial charge in [0.15, 0.2) is 5.78 Å². The number of anilines is 1. The predicted octanol–water partition coefficient (Wildman–Crippen LogP) is 4.55. The summed E-state index contributed by atoms with van der Waals surface area (Å²) in [5.74, 6) is 0.484. The van der Waals surface area contributed by atoms with Crippen LogP contribution in [0.1, 0.15) is 25.3 Å². The van der Waals surface area contributed by atoms with Gasteiger partial charge in [0, 0.05) is 24.2 Å². The minimum atomic E-state index is -0.561. The highest BCUT2D eigenvalue weighted by Gasteiger charge is 2.45. The van der Waals surface area contributed by atoms with E-state index in [1.165, 1.54) is 22.2 Å². The number of nitrogens with zero attached hydrogens (tertiary/aromatic N) is 1. The van der Waals surface area contributed by atoms with Crippen molar-refractivity contribution in [1.29, 1.82) is 0 Å². The Morgan fingerprint density at radius 1 is 1.30 bits per heavy atom. The zero-order valence-electron chi connectivity index (χ0n) is 19.0. The van der Waals surface area contributed by atoms with Gasteiger partial charge >= 0.3 is 6.03 Å². The largest absolute Gasteiger partial charge is 0.484 e. The quantitative estimate of drug-likeness (QED) is 0.632. The van der Waals surface area contributed by atoms with Crippen molar-refractivity contribution < 1.29 is 19.1 Å². The number of hydrogen-bond donors (Lipinski definition) is 2. The molecule has 33 heavy (non-hydrogen) atoms. The van der Waals surface area contributed by atoms with Crippen molar-refractivity contribution in [3.05, 3.63) is 66.5 Å². The highest BCUT2D eigenvalue weighted by Crippen LogP contribution is 2.37. The molecule has 8 heteroatoms. The molecular weight excluding hydrogens is 438 g/mol. The zero-order valence-corrected chi connectivity index (χ0v) is 19.8. The Kier molecular flexibility index (Phi) is 7.71. The van der Waals surface area contributed by atoms with Crippen LogP contribution in [0, 0.1) is 6.92 Å². The van der Waals surface area contributed by atoms with E-state index in [0.717, 1.165) is 17.0 Å². The summed E-state index contributed by atoms with van der Waals surface area (Å²) in [5.41, 5.74) is 1.05. The fraction of sp³-hybridized carbons (Fsp3) is 0.320. The number of nitrogens with one attached hydrogen (secondary N) is 2. The molecule has 2 aliphatic rings. The van der Waals surface area contributed by atoms with Crippen molar-refractivity contribution in [3.8, 4) is 0 Å². The number of thiophene rings is 1. The minimum absolute atomic E-state index is 0.00824. The van der Waals surface area contributed by atoms with Crippen LogP contribution in [0.15, 0.2) is 60.9 Å². The lowest BCUT2D eigenvalue weighted by atomic mass is 9.89. The van der Waals surface area contributed by atoms with Gasteiger partial charge in [-0.15, -0.1) is 11.3 Å². The summed E-state index contributed by atoms with van der Waals surface area (Å²) >= 11 is 1.61. The van der Waals surface area contributed by atoms with Crippen LogP contribution in [0.5, 0.6) is 0 Å².